The number of ether oxygens (including phenoxy) is 1. The van der Waals surface area contributed by atoms with E-state index >= 15 is 0 Å². The summed E-state index contributed by atoms with van der Waals surface area (Å²) < 4.78 is 24.1. The first-order chi connectivity index (χ1) is 13.1. The molecular weight excluding hydrogens is 351 g/mol. The average Bonchev–Trinajstić information content (AvgIpc) is 3.21. The Labute approximate surface area is 158 Å². The molecule has 0 aliphatic rings. The van der Waals surface area contributed by atoms with E-state index in [2.05, 4.69) is 20.9 Å². The number of halogens is 1. The molecular formula is C19H25FN4O3. The van der Waals surface area contributed by atoms with Gasteiger partial charge in [0.15, 0.2) is 11.7 Å². The third-order valence-electron chi connectivity index (χ3n) is 3.72. The summed E-state index contributed by atoms with van der Waals surface area (Å²) in [7, 11) is 1.66. The Morgan fingerprint density at radius 2 is 2.04 bits per heavy atom. The summed E-state index contributed by atoms with van der Waals surface area (Å²) in [6, 6.07) is 9.34. The summed E-state index contributed by atoms with van der Waals surface area (Å²) >= 11 is 0. The monoisotopic (exact) mass is 376 g/mol. The van der Waals surface area contributed by atoms with Crippen molar-refractivity contribution in [2.24, 2.45) is 4.99 Å². The summed E-state index contributed by atoms with van der Waals surface area (Å²) in [6.45, 7) is 3.41. The number of nitrogens with one attached hydrogen (secondary N) is 3. The number of furan rings is 1. The van der Waals surface area contributed by atoms with Gasteiger partial charge in [0.05, 0.1) is 12.8 Å². The van der Waals surface area contributed by atoms with Crippen LogP contribution in [0, 0.1) is 5.82 Å². The van der Waals surface area contributed by atoms with Gasteiger partial charge in [-0.3, -0.25) is 9.79 Å². The minimum Gasteiger partial charge on any atom is -0.489 e. The lowest BCUT2D eigenvalue weighted by atomic mass is 10.2. The molecule has 0 radical (unpaired) electrons. The molecule has 2 rings (SSSR count). The van der Waals surface area contributed by atoms with E-state index in [0.29, 0.717) is 31.3 Å². The highest BCUT2D eigenvalue weighted by atomic mass is 19.1. The van der Waals surface area contributed by atoms with E-state index < -0.39 is 0 Å². The van der Waals surface area contributed by atoms with Gasteiger partial charge in [0.2, 0.25) is 0 Å². The minimum absolute atomic E-state index is 0.135. The number of amides is 1. The van der Waals surface area contributed by atoms with Crippen molar-refractivity contribution in [3.05, 3.63) is 54.2 Å². The lowest BCUT2D eigenvalue weighted by Gasteiger charge is -2.20. The van der Waals surface area contributed by atoms with Crippen LogP contribution in [0.5, 0.6) is 5.75 Å². The molecule has 1 heterocycles. The number of nitrogens with zero attached hydrogens (tertiary/aromatic N) is 1. The lowest BCUT2D eigenvalue weighted by molar-refractivity contribution is 0.0926. The van der Waals surface area contributed by atoms with E-state index in [-0.39, 0.29) is 23.6 Å². The van der Waals surface area contributed by atoms with Crippen molar-refractivity contribution >= 4 is 11.9 Å². The van der Waals surface area contributed by atoms with Crippen LogP contribution in [-0.4, -0.2) is 44.7 Å². The van der Waals surface area contributed by atoms with Crippen LogP contribution in [0.1, 0.15) is 23.9 Å². The molecule has 146 valence electrons. The lowest BCUT2D eigenvalue weighted by Crippen LogP contribution is -2.44. The molecule has 27 heavy (non-hydrogen) atoms. The van der Waals surface area contributed by atoms with Gasteiger partial charge in [-0.05, 0) is 30.7 Å². The molecule has 0 spiro atoms. The SMILES string of the molecule is CCC(CNC(=NC)NCCNC(=O)c1ccco1)Oc1cccc(F)c1. The number of hydrogen-bond acceptors (Lipinski definition) is 4. The van der Waals surface area contributed by atoms with Crippen molar-refractivity contribution in [1.29, 1.82) is 0 Å². The van der Waals surface area contributed by atoms with Gasteiger partial charge in [-0.15, -0.1) is 0 Å². The maximum atomic E-state index is 13.2. The van der Waals surface area contributed by atoms with Crippen molar-refractivity contribution in [3.63, 3.8) is 0 Å². The summed E-state index contributed by atoms with van der Waals surface area (Å²) in [5.41, 5.74) is 0. The molecule has 1 amide bonds. The molecule has 0 bridgehead atoms. The Bertz CT molecular complexity index is 734. The number of hydrogen-bond donors (Lipinski definition) is 3. The largest absolute Gasteiger partial charge is 0.489 e. The quantitative estimate of drug-likeness (QED) is 0.355. The van der Waals surface area contributed by atoms with Gasteiger partial charge in [0.1, 0.15) is 17.7 Å². The van der Waals surface area contributed by atoms with Gasteiger partial charge in [-0.2, -0.15) is 0 Å². The van der Waals surface area contributed by atoms with Gasteiger partial charge in [-0.25, -0.2) is 4.39 Å². The topological polar surface area (TPSA) is 87.9 Å². The van der Waals surface area contributed by atoms with Gasteiger partial charge < -0.3 is 25.1 Å². The van der Waals surface area contributed by atoms with Crippen molar-refractivity contribution in [2.45, 2.75) is 19.4 Å². The molecule has 1 atom stereocenters. The zero-order valence-corrected chi connectivity index (χ0v) is 15.5. The summed E-state index contributed by atoms with van der Waals surface area (Å²) in [5.74, 6) is 0.761. The smallest absolute Gasteiger partial charge is 0.287 e. The highest BCUT2D eigenvalue weighted by molar-refractivity contribution is 5.91. The molecule has 7 nitrogen and oxygen atoms in total. The summed E-state index contributed by atoms with van der Waals surface area (Å²) in [5, 5.41) is 9.00. The van der Waals surface area contributed by atoms with Crippen LogP contribution >= 0.6 is 0 Å². The molecule has 0 saturated heterocycles. The molecule has 1 aromatic carbocycles. The van der Waals surface area contributed by atoms with Crippen molar-refractivity contribution in [1.82, 2.24) is 16.0 Å². The van der Waals surface area contributed by atoms with E-state index in [9.17, 15) is 9.18 Å². The zero-order chi connectivity index (χ0) is 19.5. The predicted molar refractivity (Wildman–Crippen MR) is 102 cm³/mol. The number of rotatable bonds is 9. The predicted octanol–water partition coefficient (Wildman–Crippen LogP) is 2.17. The first-order valence-corrected chi connectivity index (χ1v) is 8.80. The van der Waals surface area contributed by atoms with Gasteiger partial charge in [0, 0.05) is 26.2 Å². The third-order valence-corrected chi connectivity index (χ3v) is 3.72. The van der Waals surface area contributed by atoms with Crippen LogP contribution in [0.4, 0.5) is 4.39 Å². The van der Waals surface area contributed by atoms with Crippen LogP contribution in [0.15, 0.2) is 52.1 Å². The Morgan fingerprint density at radius 3 is 2.70 bits per heavy atom. The molecule has 1 unspecified atom stereocenters. The number of benzene rings is 1. The van der Waals surface area contributed by atoms with Crippen molar-refractivity contribution in [3.8, 4) is 5.75 Å². The fraction of sp³-hybridized carbons (Fsp3) is 0.368. The van der Waals surface area contributed by atoms with Crippen LogP contribution in [0.3, 0.4) is 0 Å². The average molecular weight is 376 g/mol. The standard InChI is InChI=1S/C19H25FN4O3/c1-3-15(27-16-7-4-6-14(20)12-16)13-24-19(21-2)23-10-9-22-18(25)17-8-5-11-26-17/h4-8,11-12,15H,3,9-10,13H2,1-2H3,(H,22,25)(H2,21,23,24). The zero-order valence-electron chi connectivity index (χ0n) is 15.5. The first-order valence-electron chi connectivity index (χ1n) is 8.80. The number of carbonyl (C=O) groups excluding carboxylic acids is 1. The maximum absolute atomic E-state index is 13.2. The molecule has 8 heteroatoms. The third kappa shape index (κ3) is 7.01. The Hall–Kier alpha value is -3.03. The highest BCUT2D eigenvalue weighted by Gasteiger charge is 2.10. The number of guanidine groups is 1. The van der Waals surface area contributed by atoms with Gasteiger partial charge in [-0.1, -0.05) is 13.0 Å². The normalized spacial score (nSPS) is 12.3. The van der Waals surface area contributed by atoms with Crippen molar-refractivity contribution in [2.75, 3.05) is 26.7 Å². The van der Waals surface area contributed by atoms with Crippen LogP contribution < -0.4 is 20.7 Å². The maximum Gasteiger partial charge on any atom is 0.287 e. The highest BCUT2D eigenvalue weighted by Crippen LogP contribution is 2.14. The van der Waals surface area contributed by atoms with Crippen LogP contribution in [0.25, 0.3) is 0 Å². The molecule has 3 N–H and O–H groups in total. The fourth-order valence-corrected chi connectivity index (χ4v) is 2.29. The molecule has 2 aromatic rings. The fourth-order valence-electron chi connectivity index (χ4n) is 2.29. The van der Waals surface area contributed by atoms with Crippen molar-refractivity contribution < 1.29 is 18.3 Å². The van der Waals surface area contributed by atoms with E-state index in [1.807, 2.05) is 6.92 Å². The molecule has 0 fully saturated rings. The van der Waals surface area contributed by atoms with E-state index in [0.717, 1.165) is 6.42 Å². The molecule has 0 aliphatic carbocycles. The summed E-state index contributed by atoms with van der Waals surface area (Å²) in [6.07, 6.45) is 2.07. The summed E-state index contributed by atoms with van der Waals surface area (Å²) in [4.78, 5) is 15.9. The second-order valence-electron chi connectivity index (χ2n) is 5.72. The Kier molecular flexibility index (Phi) is 8.15. The molecule has 0 saturated carbocycles. The van der Waals surface area contributed by atoms with Gasteiger partial charge >= 0.3 is 0 Å². The molecule has 1 aromatic heterocycles. The number of aliphatic imine (C=N–C) groups is 1. The minimum atomic E-state index is -0.329. The van der Waals surface area contributed by atoms with Gasteiger partial charge in [0.25, 0.3) is 5.91 Å². The van der Waals surface area contributed by atoms with E-state index in [1.165, 1.54) is 18.4 Å². The Morgan fingerprint density at radius 1 is 1.22 bits per heavy atom. The van der Waals surface area contributed by atoms with E-state index in [1.54, 1.807) is 31.3 Å². The second kappa shape index (κ2) is 10.8. The van der Waals surface area contributed by atoms with Crippen LogP contribution in [0.2, 0.25) is 0 Å². The first kappa shape index (κ1) is 20.3. The number of carbonyl (C=O) groups is 1. The Balaban J connectivity index is 1.69. The second-order valence-corrected chi connectivity index (χ2v) is 5.72. The molecule has 0 aliphatic heterocycles. The van der Waals surface area contributed by atoms with Crippen LogP contribution in [-0.2, 0) is 0 Å². The van der Waals surface area contributed by atoms with E-state index in [4.69, 9.17) is 9.15 Å².